The Kier molecular flexibility index (Phi) is 5.25. The van der Waals surface area contributed by atoms with E-state index in [0.717, 1.165) is 11.3 Å². The molecule has 0 heterocycles. The number of halogens is 2. The van der Waals surface area contributed by atoms with Crippen LogP contribution in [0.3, 0.4) is 0 Å². The van der Waals surface area contributed by atoms with Gasteiger partial charge in [0.25, 0.3) is 5.91 Å². The fourth-order valence-electron chi connectivity index (χ4n) is 1.81. The normalized spacial score (nSPS) is 10.2. The smallest absolute Gasteiger partial charge is 0.251 e. The van der Waals surface area contributed by atoms with Crippen LogP contribution in [0, 0.1) is 0 Å². The molecule has 4 nitrogen and oxygen atoms in total. The van der Waals surface area contributed by atoms with Crippen LogP contribution < -0.4 is 10.6 Å². The summed E-state index contributed by atoms with van der Waals surface area (Å²) >= 11 is 6.61. The van der Waals surface area contributed by atoms with Crippen LogP contribution >= 0.6 is 31.9 Å². The molecule has 0 saturated carbocycles. The second-order valence-corrected chi connectivity index (χ2v) is 6.13. The molecule has 110 valence electrons. The highest BCUT2D eigenvalue weighted by Gasteiger charge is 2.06. The van der Waals surface area contributed by atoms with E-state index < -0.39 is 0 Å². The Hall–Kier alpha value is -1.53. The summed E-state index contributed by atoms with van der Waals surface area (Å²) in [5, 5.41) is 15.5. The first-order valence-electron chi connectivity index (χ1n) is 6.24. The lowest BCUT2D eigenvalue weighted by Gasteiger charge is -2.09. The minimum atomic E-state index is -0.104. The van der Waals surface area contributed by atoms with Gasteiger partial charge in [0.2, 0.25) is 0 Å². The SMILES string of the molecule is CNC(=O)c1ccc(NCc2cc(Br)c(O)c(Br)c2)cc1. The minimum absolute atomic E-state index is 0.104. The number of phenolic OH excluding ortho intramolecular Hbond substituents is 1. The third kappa shape index (κ3) is 3.98. The van der Waals surface area contributed by atoms with Crippen LogP contribution in [0.25, 0.3) is 0 Å². The van der Waals surface area contributed by atoms with Crippen LogP contribution in [0.2, 0.25) is 0 Å². The molecule has 0 saturated heterocycles. The van der Waals surface area contributed by atoms with E-state index >= 15 is 0 Å². The third-order valence-electron chi connectivity index (χ3n) is 2.95. The molecule has 0 radical (unpaired) electrons. The van der Waals surface area contributed by atoms with Crippen molar-refractivity contribution < 1.29 is 9.90 Å². The Labute approximate surface area is 139 Å². The van der Waals surface area contributed by atoms with Gasteiger partial charge >= 0.3 is 0 Å². The summed E-state index contributed by atoms with van der Waals surface area (Å²) in [5.41, 5.74) is 2.56. The van der Waals surface area contributed by atoms with Crippen LogP contribution in [-0.4, -0.2) is 18.1 Å². The molecule has 0 aromatic heterocycles. The molecule has 2 aromatic carbocycles. The summed E-state index contributed by atoms with van der Waals surface area (Å²) in [7, 11) is 1.61. The van der Waals surface area contributed by atoms with Crippen LogP contribution in [0.5, 0.6) is 5.75 Å². The number of carbonyl (C=O) groups is 1. The van der Waals surface area contributed by atoms with Gasteiger partial charge in [-0.05, 0) is 73.8 Å². The molecule has 1 amide bonds. The number of amides is 1. The summed E-state index contributed by atoms with van der Waals surface area (Å²) in [4.78, 5) is 11.4. The van der Waals surface area contributed by atoms with Crippen molar-refractivity contribution in [2.75, 3.05) is 12.4 Å². The van der Waals surface area contributed by atoms with Gasteiger partial charge in [0.15, 0.2) is 0 Å². The summed E-state index contributed by atoms with van der Waals surface area (Å²) in [6, 6.07) is 11.0. The Bertz CT molecular complexity index is 634. The maximum atomic E-state index is 11.4. The average molecular weight is 414 g/mol. The van der Waals surface area contributed by atoms with Gasteiger partial charge in [-0.25, -0.2) is 0 Å². The first-order valence-corrected chi connectivity index (χ1v) is 7.82. The van der Waals surface area contributed by atoms with Gasteiger partial charge in [0.1, 0.15) is 5.75 Å². The van der Waals surface area contributed by atoms with E-state index in [4.69, 9.17) is 0 Å². The predicted molar refractivity (Wildman–Crippen MR) is 90.7 cm³/mol. The van der Waals surface area contributed by atoms with Gasteiger partial charge < -0.3 is 15.7 Å². The van der Waals surface area contributed by atoms with E-state index in [9.17, 15) is 9.90 Å². The molecule has 2 aromatic rings. The number of hydrogen-bond acceptors (Lipinski definition) is 3. The van der Waals surface area contributed by atoms with Crippen molar-refractivity contribution in [3.05, 3.63) is 56.5 Å². The molecule has 0 aliphatic heterocycles. The zero-order valence-corrected chi connectivity index (χ0v) is 14.5. The van der Waals surface area contributed by atoms with Gasteiger partial charge in [-0.15, -0.1) is 0 Å². The Morgan fingerprint density at radius 3 is 2.24 bits per heavy atom. The molecule has 0 bridgehead atoms. The first-order chi connectivity index (χ1) is 10.0. The first kappa shape index (κ1) is 15.9. The van der Waals surface area contributed by atoms with Crippen molar-refractivity contribution in [1.29, 1.82) is 0 Å². The van der Waals surface area contributed by atoms with E-state index in [2.05, 4.69) is 42.5 Å². The highest BCUT2D eigenvalue weighted by molar-refractivity contribution is 9.11. The lowest BCUT2D eigenvalue weighted by molar-refractivity contribution is 0.0963. The van der Waals surface area contributed by atoms with E-state index in [1.54, 1.807) is 19.2 Å². The fraction of sp³-hybridized carbons (Fsp3) is 0.133. The van der Waals surface area contributed by atoms with Gasteiger partial charge in [0.05, 0.1) is 8.95 Å². The number of anilines is 1. The number of aromatic hydroxyl groups is 1. The van der Waals surface area contributed by atoms with Crippen molar-refractivity contribution in [3.63, 3.8) is 0 Å². The van der Waals surface area contributed by atoms with Crippen LogP contribution in [0.15, 0.2) is 45.3 Å². The predicted octanol–water partition coefficient (Wildman–Crippen LogP) is 3.89. The van der Waals surface area contributed by atoms with Gasteiger partial charge in [-0.1, -0.05) is 0 Å². The Morgan fingerprint density at radius 1 is 1.14 bits per heavy atom. The zero-order chi connectivity index (χ0) is 15.4. The topological polar surface area (TPSA) is 61.4 Å². The molecule has 0 spiro atoms. The maximum absolute atomic E-state index is 11.4. The molecule has 0 fully saturated rings. The maximum Gasteiger partial charge on any atom is 0.251 e. The third-order valence-corrected chi connectivity index (χ3v) is 4.16. The lowest BCUT2D eigenvalue weighted by Crippen LogP contribution is -2.17. The second kappa shape index (κ2) is 6.95. The number of nitrogens with one attached hydrogen (secondary N) is 2. The molecule has 0 atom stereocenters. The lowest BCUT2D eigenvalue weighted by atomic mass is 10.2. The van der Waals surface area contributed by atoms with E-state index in [1.165, 1.54) is 0 Å². The van der Waals surface area contributed by atoms with Gasteiger partial charge in [-0.2, -0.15) is 0 Å². The summed E-state index contributed by atoms with van der Waals surface area (Å²) < 4.78 is 1.28. The van der Waals surface area contributed by atoms with Gasteiger partial charge in [0, 0.05) is 24.8 Å². The molecule has 2 rings (SSSR count). The quantitative estimate of drug-likeness (QED) is 0.712. The van der Waals surface area contributed by atoms with Crippen molar-refractivity contribution >= 4 is 43.5 Å². The van der Waals surface area contributed by atoms with Crippen LogP contribution in [0.1, 0.15) is 15.9 Å². The molecule has 0 unspecified atom stereocenters. The van der Waals surface area contributed by atoms with Crippen LogP contribution in [0.4, 0.5) is 5.69 Å². The molecule has 6 heteroatoms. The van der Waals surface area contributed by atoms with Crippen molar-refractivity contribution in [3.8, 4) is 5.75 Å². The van der Waals surface area contributed by atoms with Gasteiger partial charge in [-0.3, -0.25) is 4.79 Å². The summed E-state index contributed by atoms with van der Waals surface area (Å²) in [6.07, 6.45) is 0. The Balaban J connectivity index is 2.05. The summed E-state index contributed by atoms with van der Waals surface area (Å²) in [6.45, 7) is 0.608. The molecular weight excluding hydrogens is 400 g/mol. The monoisotopic (exact) mass is 412 g/mol. The highest BCUT2D eigenvalue weighted by Crippen LogP contribution is 2.33. The van der Waals surface area contributed by atoms with Crippen molar-refractivity contribution in [2.45, 2.75) is 6.54 Å². The second-order valence-electron chi connectivity index (χ2n) is 4.42. The van der Waals surface area contributed by atoms with Crippen molar-refractivity contribution in [1.82, 2.24) is 5.32 Å². The minimum Gasteiger partial charge on any atom is -0.506 e. The summed E-state index contributed by atoms with van der Waals surface area (Å²) in [5.74, 6) is 0.0848. The highest BCUT2D eigenvalue weighted by atomic mass is 79.9. The fourth-order valence-corrected chi connectivity index (χ4v) is 3.09. The number of carbonyl (C=O) groups excluding carboxylic acids is 1. The number of phenols is 1. The number of benzene rings is 2. The largest absolute Gasteiger partial charge is 0.506 e. The number of hydrogen-bond donors (Lipinski definition) is 3. The zero-order valence-electron chi connectivity index (χ0n) is 11.3. The van der Waals surface area contributed by atoms with E-state index in [0.29, 0.717) is 21.1 Å². The van der Waals surface area contributed by atoms with E-state index in [-0.39, 0.29) is 11.7 Å². The average Bonchev–Trinajstić information content (AvgIpc) is 2.50. The molecule has 21 heavy (non-hydrogen) atoms. The molecule has 0 aliphatic carbocycles. The number of rotatable bonds is 4. The molecule has 0 aliphatic rings. The molecular formula is C15H14Br2N2O2. The van der Waals surface area contributed by atoms with E-state index in [1.807, 2.05) is 24.3 Å². The molecule has 3 N–H and O–H groups in total. The standard InChI is InChI=1S/C15H14Br2N2O2/c1-18-15(21)10-2-4-11(5-3-10)19-8-9-6-12(16)14(20)13(17)7-9/h2-7,19-20H,8H2,1H3,(H,18,21). The Morgan fingerprint density at radius 2 is 1.71 bits per heavy atom. The van der Waals surface area contributed by atoms with Crippen LogP contribution in [-0.2, 0) is 6.54 Å². The van der Waals surface area contributed by atoms with Crippen molar-refractivity contribution in [2.24, 2.45) is 0 Å².